The Hall–Kier alpha value is -0.395. The summed E-state index contributed by atoms with van der Waals surface area (Å²) in [7, 11) is 0. The first kappa shape index (κ1) is 9.80. The van der Waals surface area contributed by atoms with Gasteiger partial charge in [0.05, 0.1) is 5.76 Å². The average molecular weight is 204 g/mol. The van der Waals surface area contributed by atoms with Crippen LogP contribution in [0.3, 0.4) is 0 Å². The van der Waals surface area contributed by atoms with Gasteiger partial charge in [0.2, 0.25) is 0 Å². The van der Waals surface area contributed by atoms with Crippen molar-refractivity contribution in [2.75, 3.05) is 0 Å². The smallest absolute Gasteiger partial charge is 0.363 e. The zero-order valence-corrected chi connectivity index (χ0v) is 9.58. The third-order valence-corrected chi connectivity index (χ3v) is 4.52. The fraction of sp³-hybridized carbons (Fsp3) is 0.846. The Kier molecular flexibility index (Phi) is 2.77. The molecule has 0 unspecified atom stereocenters. The van der Waals surface area contributed by atoms with Crippen molar-refractivity contribution in [1.29, 1.82) is 0 Å². The molecule has 2 heteroatoms. The molecule has 2 heterocycles. The van der Waals surface area contributed by atoms with Gasteiger partial charge in [-0.25, -0.2) is 0 Å². The molecule has 15 heavy (non-hydrogen) atoms. The highest BCUT2D eigenvalue weighted by Crippen LogP contribution is 2.47. The van der Waals surface area contributed by atoms with E-state index >= 15 is 0 Å². The van der Waals surface area contributed by atoms with Crippen LogP contribution in [0.1, 0.15) is 57.8 Å². The molecule has 2 bridgehead atoms. The van der Waals surface area contributed by atoms with Gasteiger partial charge in [-0.05, 0) is 30.6 Å². The van der Waals surface area contributed by atoms with E-state index in [2.05, 4.69) is 6.08 Å². The van der Waals surface area contributed by atoms with E-state index in [1.807, 2.05) is 0 Å². The Morgan fingerprint density at radius 1 is 1.00 bits per heavy atom. The van der Waals surface area contributed by atoms with E-state index in [9.17, 15) is 0 Å². The molecule has 2 saturated heterocycles. The lowest BCUT2D eigenvalue weighted by atomic mass is 9.38. The van der Waals surface area contributed by atoms with Gasteiger partial charge < -0.3 is 4.65 Å². The topological polar surface area (TPSA) is 9.23 Å². The quantitative estimate of drug-likeness (QED) is 0.613. The van der Waals surface area contributed by atoms with Gasteiger partial charge in [0.15, 0.2) is 0 Å². The van der Waals surface area contributed by atoms with E-state index in [1.165, 1.54) is 63.5 Å². The van der Waals surface area contributed by atoms with Crippen LogP contribution in [0.4, 0.5) is 0 Å². The summed E-state index contributed by atoms with van der Waals surface area (Å²) in [5.74, 6) is 3.09. The van der Waals surface area contributed by atoms with E-state index in [0.717, 1.165) is 11.6 Å². The SMILES string of the molecule is C1=C(OB2C3CCCC2CCC3)CCC1. The summed E-state index contributed by atoms with van der Waals surface area (Å²) in [6, 6.07) is 0. The monoisotopic (exact) mass is 204 g/mol. The van der Waals surface area contributed by atoms with Crippen molar-refractivity contribution in [1.82, 2.24) is 0 Å². The molecule has 0 aromatic rings. The van der Waals surface area contributed by atoms with Crippen LogP contribution in [0.2, 0.25) is 11.6 Å². The molecule has 3 rings (SSSR count). The van der Waals surface area contributed by atoms with Gasteiger partial charge in [-0.1, -0.05) is 38.5 Å². The van der Waals surface area contributed by atoms with Crippen molar-refractivity contribution in [3.63, 3.8) is 0 Å². The summed E-state index contributed by atoms with van der Waals surface area (Å²) in [5, 5.41) is 0. The van der Waals surface area contributed by atoms with Crippen molar-refractivity contribution in [3.05, 3.63) is 11.8 Å². The lowest BCUT2D eigenvalue weighted by molar-refractivity contribution is 0.327. The Morgan fingerprint density at radius 2 is 1.67 bits per heavy atom. The van der Waals surface area contributed by atoms with Crippen molar-refractivity contribution in [2.24, 2.45) is 0 Å². The summed E-state index contributed by atoms with van der Waals surface area (Å²) < 4.78 is 6.28. The van der Waals surface area contributed by atoms with E-state index in [-0.39, 0.29) is 0 Å². The van der Waals surface area contributed by atoms with Crippen LogP contribution in [-0.2, 0) is 4.65 Å². The molecular formula is C13H21BO. The highest BCUT2D eigenvalue weighted by atomic mass is 16.4. The minimum Gasteiger partial charge on any atom is -0.563 e. The zero-order valence-electron chi connectivity index (χ0n) is 9.58. The molecule has 0 amide bonds. The minimum atomic E-state index is 0.594. The van der Waals surface area contributed by atoms with Crippen LogP contribution in [0, 0.1) is 0 Å². The molecule has 1 nitrogen and oxygen atoms in total. The molecule has 0 aromatic carbocycles. The fourth-order valence-electron chi connectivity index (χ4n) is 3.73. The number of hydrogen-bond donors (Lipinski definition) is 0. The van der Waals surface area contributed by atoms with Crippen LogP contribution >= 0.6 is 0 Å². The predicted molar refractivity (Wildman–Crippen MR) is 64.0 cm³/mol. The summed E-state index contributed by atoms with van der Waals surface area (Å²) in [6.07, 6.45) is 14.7. The summed E-state index contributed by atoms with van der Waals surface area (Å²) in [6.45, 7) is 0.594. The summed E-state index contributed by atoms with van der Waals surface area (Å²) in [5.41, 5.74) is 0. The maximum absolute atomic E-state index is 6.28. The zero-order chi connectivity index (χ0) is 10.1. The van der Waals surface area contributed by atoms with Crippen molar-refractivity contribution in [2.45, 2.75) is 69.4 Å². The highest BCUT2D eigenvalue weighted by Gasteiger charge is 2.42. The normalized spacial score (nSPS) is 35.2. The molecule has 0 spiro atoms. The molecule has 0 atom stereocenters. The van der Waals surface area contributed by atoms with Crippen LogP contribution < -0.4 is 0 Å². The van der Waals surface area contributed by atoms with E-state index in [1.54, 1.807) is 0 Å². The van der Waals surface area contributed by atoms with Crippen LogP contribution in [0.15, 0.2) is 11.8 Å². The van der Waals surface area contributed by atoms with Gasteiger partial charge in [-0.2, -0.15) is 0 Å². The van der Waals surface area contributed by atoms with Gasteiger partial charge in [0, 0.05) is 6.42 Å². The molecule has 0 saturated carbocycles. The average Bonchev–Trinajstić information content (AvgIpc) is 2.70. The molecule has 3 aliphatic rings. The second-order valence-corrected chi connectivity index (χ2v) is 5.53. The van der Waals surface area contributed by atoms with Crippen LogP contribution in [0.25, 0.3) is 0 Å². The maximum atomic E-state index is 6.28. The molecule has 0 N–H and O–H groups in total. The van der Waals surface area contributed by atoms with Gasteiger partial charge >= 0.3 is 6.92 Å². The largest absolute Gasteiger partial charge is 0.563 e. The first-order chi connectivity index (χ1) is 7.43. The van der Waals surface area contributed by atoms with Gasteiger partial charge in [0.1, 0.15) is 0 Å². The lowest BCUT2D eigenvalue weighted by Gasteiger charge is -2.39. The van der Waals surface area contributed by atoms with Gasteiger partial charge in [-0.3, -0.25) is 0 Å². The number of allylic oxidation sites excluding steroid dienone is 2. The predicted octanol–water partition coefficient (Wildman–Crippen LogP) is 4.17. The second-order valence-electron chi connectivity index (χ2n) is 5.53. The highest BCUT2D eigenvalue weighted by molar-refractivity contribution is 6.56. The molecule has 0 aromatic heterocycles. The lowest BCUT2D eigenvalue weighted by Crippen LogP contribution is -2.36. The Labute approximate surface area is 93.4 Å². The molecular weight excluding hydrogens is 183 g/mol. The standard InChI is InChI=1S/C13H21BO/c1-2-10-13(9-1)15-14-11-5-3-6-12(14)8-4-7-11/h9,11-12H,1-8,10H2. The number of hydrogen-bond acceptors (Lipinski definition) is 1. The third kappa shape index (κ3) is 1.96. The Balaban J connectivity index is 1.67. The van der Waals surface area contributed by atoms with Gasteiger partial charge in [0.25, 0.3) is 0 Å². The first-order valence-electron chi connectivity index (χ1n) is 6.79. The molecule has 2 fully saturated rings. The number of rotatable bonds is 2. The molecule has 1 aliphatic carbocycles. The van der Waals surface area contributed by atoms with E-state index in [4.69, 9.17) is 4.65 Å². The molecule has 0 radical (unpaired) electrons. The van der Waals surface area contributed by atoms with Crippen molar-refractivity contribution >= 4 is 6.92 Å². The van der Waals surface area contributed by atoms with Gasteiger partial charge in [-0.15, -0.1) is 0 Å². The second kappa shape index (κ2) is 4.23. The third-order valence-electron chi connectivity index (χ3n) is 4.52. The Morgan fingerprint density at radius 3 is 2.20 bits per heavy atom. The molecule has 82 valence electrons. The molecule has 2 aliphatic heterocycles. The van der Waals surface area contributed by atoms with E-state index < -0.39 is 0 Å². The summed E-state index contributed by atoms with van der Waals surface area (Å²) >= 11 is 0. The fourth-order valence-corrected chi connectivity index (χ4v) is 3.73. The maximum Gasteiger partial charge on any atom is 0.363 e. The van der Waals surface area contributed by atoms with Crippen LogP contribution in [-0.4, -0.2) is 6.92 Å². The van der Waals surface area contributed by atoms with Crippen molar-refractivity contribution in [3.8, 4) is 0 Å². The van der Waals surface area contributed by atoms with Crippen LogP contribution in [0.5, 0.6) is 0 Å². The minimum absolute atomic E-state index is 0.594. The number of fused-ring (bicyclic) bond motifs is 2. The Bertz CT molecular complexity index is 239. The van der Waals surface area contributed by atoms with Crippen molar-refractivity contribution < 1.29 is 4.65 Å². The van der Waals surface area contributed by atoms with E-state index in [0.29, 0.717) is 6.92 Å². The summed E-state index contributed by atoms with van der Waals surface area (Å²) in [4.78, 5) is 0. The first-order valence-corrected chi connectivity index (χ1v) is 6.79.